The Morgan fingerprint density at radius 3 is 2.38 bits per heavy atom. The van der Waals surface area contributed by atoms with Crippen LogP contribution in [-0.4, -0.2) is 36.6 Å². The van der Waals surface area contributed by atoms with E-state index in [1.165, 1.54) is 0 Å². The molecule has 0 saturated heterocycles. The van der Waals surface area contributed by atoms with E-state index in [0.29, 0.717) is 30.8 Å². The van der Waals surface area contributed by atoms with Crippen LogP contribution in [0, 0.1) is 0 Å². The standard InChI is InChI=1S/C20H24ClNO2/c1-22(2)14-13-20(19(23)24,17-9-6-10-18(21)15-17)12-11-16-7-4-3-5-8-16/h3-10,15H,11-14H2,1-2H3,(H,23,24). The van der Waals surface area contributed by atoms with Crippen LogP contribution in [0.4, 0.5) is 0 Å². The van der Waals surface area contributed by atoms with Crippen molar-refractivity contribution in [3.63, 3.8) is 0 Å². The fourth-order valence-corrected chi connectivity index (χ4v) is 3.14. The molecule has 0 aliphatic carbocycles. The zero-order chi connectivity index (χ0) is 17.6. The van der Waals surface area contributed by atoms with Gasteiger partial charge in [0.05, 0.1) is 5.41 Å². The Morgan fingerprint density at radius 2 is 1.79 bits per heavy atom. The summed E-state index contributed by atoms with van der Waals surface area (Å²) >= 11 is 6.13. The fraction of sp³-hybridized carbons (Fsp3) is 0.350. The van der Waals surface area contributed by atoms with Gasteiger partial charge in [0.15, 0.2) is 0 Å². The number of aryl methyl sites for hydroxylation is 1. The molecule has 3 nitrogen and oxygen atoms in total. The van der Waals surface area contributed by atoms with Crippen molar-refractivity contribution in [3.05, 3.63) is 70.7 Å². The number of rotatable bonds is 8. The highest BCUT2D eigenvalue weighted by molar-refractivity contribution is 6.30. The lowest BCUT2D eigenvalue weighted by molar-refractivity contribution is -0.144. The Bertz CT molecular complexity index is 672. The number of benzene rings is 2. The number of hydrogen-bond donors (Lipinski definition) is 1. The first-order chi connectivity index (χ1) is 11.4. The molecule has 0 aromatic heterocycles. The molecule has 0 aliphatic heterocycles. The molecule has 2 aromatic rings. The van der Waals surface area contributed by atoms with Gasteiger partial charge >= 0.3 is 5.97 Å². The van der Waals surface area contributed by atoms with Gasteiger partial charge in [0, 0.05) is 5.02 Å². The van der Waals surface area contributed by atoms with Crippen molar-refractivity contribution in [2.24, 2.45) is 0 Å². The molecule has 4 heteroatoms. The Balaban J connectivity index is 2.35. The second kappa shape index (κ2) is 8.32. The molecule has 24 heavy (non-hydrogen) atoms. The van der Waals surface area contributed by atoms with Crippen LogP contribution in [0.15, 0.2) is 54.6 Å². The molecule has 0 fully saturated rings. The van der Waals surface area contributed by atoms with Crippen molar-refractivity contribution < 1.29 is 9.90 Å². The quantitative estimate of drug-likeness (QED) is 0.777. The molecule has 128 valence electrons. The first-order valence-electron chi connectivity index (χ1n) is 8.12. The average Bonchev–Trinajstić information content (AvgIpc) is 2.55. The minimum absolute atomic E-state index is 0.542. The third kappa shape index (κ3) is 4.59. The van der Waals surface area contributed by atoms with E-state index in [1.807, 2.05) is 61.5 Å². The summed E-state index contributed by atoms with van der Waals surface area (Å²) in [6.07, 6.45) is 1.80. The van der Waals surface area contributed by atoms with Crippen LogP contribution in [0.1, 0.15) is 24.0 Å². The molecule has 2 rings (SSSR count). The van der Waals surface area contributed by atoms with Crippen LogP contribution in [0.2, 0.25) is 5.02 Å². The van der Waals surface area contributed by atoms with E-state index >= 15 is 0 Å². The lowest BCUT2D eigenvalue weighted by Crippen LogP contribution is -2.39. The summed E-state index contributed by atoms with van der Waals surface area (Å²) in [5.41, 5.74) is 0.987. The zero-order valence-corrected chi connectivity index (χ0v) is 15.0. The maximum absolute atomic E-state index is 12.3. The number of aliphatic carboxylic acids is 1. The molecule has 0 radical (unpaired) electrons. The van der Waals surface area contributed by atoms with Gasteiger partial charge in [-0.05, 0) is 63.2 Å². The van der Waals surface area contributed by atoms with Crippen LogP contribution >= 0.6 is 11.6 Å². The van der Waals surface area contributed by atoms with Gasteiger partial charge in [-0.1, -0.05) is 54.1 Å². The topological polar surface area (TPSA) is 40.5 Å². The summed E-state index contributed by atoms with van der Waals surface area (Å²) in [4.78, 5) is 14.3. The SMILES string of the molecule is CN(C)CCC(CCc1ccccc1)(C(=O)O)c1cccc(Cl)c1. The van der Waals surface area contributed by atoms with E-state index < -0.39 is 11.4 Å². The van der Waals surface area contributed by atoms with Gasteiger partial charge in [0.1, 0.15) is 0 Å². The molecule has 1 unspecified atom stereocenters. The predicted molar refractivity (Wildman–Crippen MR) is 98.7 cm³/mol. The largest absolute Gasteiger partial charge is 0.481 e. The Labute approximate surface area is 148 Å². The average molecular weight is 346 g/mol. The van der Waals surface area contributed by atoms with E-state index in [9.17, 15) is 9.90 Å². The Hall–Kier alpha value is -1.84. The molecule has 2 aromatic carbocycles. The number of halogens is 1. The molecular weight excluding hydrogens is 322 g/mol. The van der Waals surface area contributed by atoms with Gasteiger partial charge in [0.25, 0.3) is 0 Å². The van der Waals surface area contributed by atoms with E-state index in [-0.39, 0.29) is 0 Å². The highest BCUT2D eigenvalue weighted by atomic mass is 35.5. The minimum atomic E-state index is -0.939. The number of nitrogens with zero attached hydrogens (tertiary/aromatic N) is 1. The van der Waals surface area contributed by atoms with Crippen molar-refractivity contribution in [1.82, 2.24) is 4.90 Å². The molecule has 0 aliphatic rings. The molecule has 1 atom stereocenters. The maximum atomic E-state index is 12.3. The maximum Gasteiger partial charge on any atom is 0.314 e. The first kappa shape index (κ1) is 18.5. The Kier molecular flexibility index (Phi) is 6.41. The van der Waals surface area contributed by atoms with E-state index in [1.54, 1.807) is 12.1 Å². The van der Waals surface area contributed by atoms with Crippen molar-refractivity contribution in [2.75, 3.05) is 20.6 Å². The molecule has 1 N–H and O–H groups in total. The number of carboxylic acid groups (broad SMARTS) is 1. The number of carbonyl (C=O) groups is 1. The predicted octanol–water partition coefficient (Wildman–Crippen LogP) is 4.25. The molecule has 0 bridgehead atoms. The third-order valence-corrected chi connectivity index (χ3v) is 4.69. The van der Waals surface area contributed by atoms with Gasteiger partial charge < -0.3 is 10.0 Å². The fourth-order valence-electron chi connectivity index (χ4n) is 2.95. The van der Waals surface area contributed by atoms with Gasteiger partial charge in [-0.15, -0.1) is 0 Å². The first-order valence-corrected chi connectivity index (χ1v) is 8.50. The van der Waals surface area contributed by atoms with Crippen LogP contribution in [0.25, 0.3) is 0 Å². The van der Waals surface area contributed by atoms with Crippen LogP contribution in [0.3, 0.4) is 0 Å². The minimum Gasteiger partial charge on any atom is -0.481 e. The highest BCUT2D eigenvalue weighted by Crippen LogP contribution is 2.35. The second-order valence-corrected chi connectivity index (χ2v) is 6.87. The summed E-state index contributed by atoms with van der Waals surface area (Å²) in [5.74, 6) is -0.789. The van der Waals surface area contributed by atoms with Gasteiger partial charge in [0.2, 0.25) is 0 Å². The van der Waals surface area contributed by atoms with E-state index in [2.05, 4.69) is 0 Å². The van der Waals surface area contributed by atoms with Crippen molar-refractivity contribution in [2.45, 2.75) is 24.7 Å². The van der Waals surface area contributed by atoms with E-state index in [0.717, 1.165) is 11.1 Å². The van der Waals surface area contributed by atoms with Gasteiger partial charge in [-0.2, -0.15) is 0 Å². The van der Waals surface area contributed by atoms with Crippen molar-refractivity contribution in [3.8, 4) is 0 Å². The van der Waals surface area contributed by atoms with Crippen LogP contribution in [0.5, 0.6) is 0 Å². The third-order valence-electron chi connectivity index (χ3n) is 4.46. The normalized spacial score (nSPS) is 13.7. The number of hydrogen-bond acceptors (Lipinski definition) is 2. The van der Waals surface area contributed by atoms with Crippen molar-refractivity contribution >= 4 is 17.6 Å². The Morgan fingerprint density at radius 1 is 1.08 bits per heavy atom. The lowest BCUT2D eigenvalue weighted by Gasteiger charge is -2.31. The summed E-state index contributed by atoms with van der Waals surface area (Å²) < 4.78 is 0. The molecular formula is C20H24ClNO2. The summed E-state index contributed by atoms with van der Waals surface area (Å²) in [6.45, 7) is 0.702. The van der Waals surface area contributed by atoms with E-state index in [4.69, 9.17) is 11.6 Å². The summed E-state index contributed by atoms with van der Waals surface area (Å²) in [7, 11) is 3.92. The second-order valence-electron chi connectivity index (χ2n) is 6.44. The lowest BCUT2D eigenvalue weighted by atomic mass is 9.73. The van der Waals surface area contributed by atoms with Crippen molar-refractivity contribution in [1.29, 1.82) is 0 Å². The molecule has 0 amide bonds. The molecule has 0 saturated carbocycles. The molecule has 0 heterocycles. The summed E-state index contributed by atoms with van der Waals surface area (Å²) in [6, 6.07) is 17.3. The van der Waals surface area contributed by atoms with Gasteiger partial charge in [-0.25, -0.2) is 0 Å². The monoisotopic (exact) mass is 345 g/mol. The highest BCUT2D eigenvalue weighted by Gasteiger charge is 2.39. The smallest absolute Gasteiger partial charge is 0.314 e. The van der Waals surface area contributed by atoms with Crippen LogP contribution in [-0.2, 0) is 16.6 Å². The molecule has 0 spiro atoms. The van der Waals surface area contributed by atoms with Crippen LogP contribution < -0.4 is 0 Å². The summed E-state index contributed by atoms with van der Waals surface area (Å²) in [5, 5.41) is 10.7. The zero-order valence-electron chi connectivity index (χ0n) is 14.2. The van der Waals surface area contributed by atoms with Gasteiger partial charge in [-0.3, -0.25) is 4.79 Å². The number of carboxylic acids is 1.